The van der Waals surface area contributed by atoms with Crippen molar-refractivity contribution in [2.75, 3.05) is 40.0 Å². The molecule has 0 aliphatic carbocycles. The number of carbonyl (C=O) groups excluding carboxylic acids is 1. The van der Waals surface area contributed by atoms with E-state index in [0.717, 1.165) is 0 Å². The van der Waals surface area contributed by atoms with Gasteiger partial charge in [0, 0.05) is 33.7 Å². The molecule has 0 heterocycles. The maximum Gasteiger partial charge on any atom is 0.305 e. The zero-order valence-corrected chi connectivity index (χ0v) is 10.5. The summed E-state index contributed by atoms with van der Waals surface area (Å²) >= 11 is 0. The van der Waals surface area contributed by atoms with E-state index in [0.29, 0.717) is 32.8 Å². The van der Waals surface area contributed by atoms with Crippen LogP contribution in [0.25, 0.3) is 0 Å². The van der Waals surface area contributed by atoms with E-state index < -0.39 is 5.97 Å². The van der Waals surface area contributed by atoms with Crippen LogP contribution < -0.4 is 0 Å². The number of ether oxygens (including phenoxy) is 2. The van der Waals surface area contributed by atoms with Crippen molar-refractivity contribution in [1.29, 1.82) is 0 Å². The molecule has 6 heteroatoms. The third-order valence-corrected chi connectivity index (χ3v) is 2.19. The van der Waals surface area contributed by atoms with Gasteiger partial charge in [-0.05, 0) is 6.42 Å². The number of nitrogens with zero attached hydrogens (tertiary/aromatic N) is 1. The molecule has 0 aliphatic rings. The average molecular weight is 247 g/mol. The van der Waals surface area contributed by atoms with Crippen LogP contribution in [0.1, 0.15) is 19.8 Å². The first-order valence-electron chi connectivity index (χ1n) is 5.62. The van der Waals surface area contributed by atoms with Crippen LogP contribution in [0.15, 0.2) is 0 Å². The molecule has 0 saturated carbocycles. The van der Waals surface area contributed by atoms with Crippen molar-refractivity contribution in [3.63, 3.8) is 0 Å². The van der Waals surface area contributed by atoms with Crippen molar-refractivity contribution in [2.24, 2.45) is 0 Å². The zero-order chi connectivity index (χ0) is 13.1. The number of hydrogen-bond acceptors (Lipinski definition) is 4. The molecule has 0 atom stereocenters. The van der Waals surface area contributed by atoms with Crippen LogP contribution in [0.2, 0.25) is 0 Å². The summed E-state index contributed by atoms with van der Waals surface area (Å²) in [5.41, 5.74) is 0. The van der Waals surface area contributed by atoms with Crippen molar-refractivity contribution in [3.8, 4) is 0 Å². The van der Waals surface area contributed by atoms with Gasteiger partial charge in [-0.3, -0.25) is 9.59 Å². The second-order valence-electron chi connectivity index (χ2n) is 3.61. The van der Waals surface area contributed by atoms with Gasteiger partial charge in [0.2, 0.25) is 5.91 Å². The summed E-state index contributed by atoms with van der Waals surface area (Å²) in [6.07, 6.45) is 0.674. The van der Waals surface area contributed by atoms with Gasteiger partial charge in [-0.15, -0.1) is 0 Å². The molecule has 0 aromatic carbocycles. The number of aliphatic carboxylic acids is 1. The van der Waals surface area contributed by atoms with Gasteiger partial charge >= 0.3 is 5.97 Å². The Morgan fingerprint density at radius 2 is 1.88 bits per heavy atom. The fourth-order valence-corrected chi connectivity index (χ4v) is 1.26. The number of hydrogen-bond donors (Lipinski definition) is 1. The van der Waals surface area contributed by atoms with Crippen LogP contribution in [0.4, 0.5) is 0 Å². The highest BCUT2D eigenvalue weighted by Gasteiger charge is 2.09. The lowest BCUT2D eigenvalue weighted by Crippen LogP contribution is -2.32. The smallest absolute Gasteiger partial charge is 0.305 e. The predicted molar refractivity (Wildman–Crippen MR) is 61.8 cm³/mol. The van der Waals surface area contributed by atoms with Crippen molar-refractivity contribution in [2.45, 2.75) is 19.8 Å². The first-order valence-corrected chi connectivity index (χ1v) is 5.62. The summed E-state index contributed by atoms with van der Waals surface area (Å²) in [4.78, 5) is 23.1. The first-order chi connectivity index (χ1) is 8.07. The Bertz CT molecular complexity index is 232. The topological polar surface area (TPSA) is 76.1 Å². The summed E-state index contributed by atoms with van der Waals surface area (Å²) in [6.45, 7) is 3.84. The van der Waals surface area contributed by atoms with Gasteiger partial charge in [-0.25, -0.2) is 0 Å². The Hall–Kier alpha value is -1.14. The minimum Gasteiger partial charge on any atom is -0.481 e. The van der Waals surface area contributed by atoms with Crippen molar-refractivity contribution >= 4 is 11.9 Å². The van der Waals surface area contributed by atoms with Gasteiger partial charge < -0.3 is 19.5 Å². The second kappa shape index (κ2) is 10.0. The molecular formula is C11H21NO5. The molecule has 6 nitrogen and oxygen atoms in total. The van der Waals surface area contributed by atoms with E-state index in [1.54, 1.807) is 7.11 Å². The largest absolute Gasteiger partial charge is 0.481 e. The Kier molecular flexibility index (Phi) is 9.37. The molecule has 0 rings (SSSR count). The molecule has 0 aromatic rings. The fraction of sp³-hybridized carbons (Fsp3) is 0.818. The minimum atomic E-state index is -0.896. The van der Waals surface area contributed by atoms with E-state index in [1.165, 1.54) is 11.8 Å². The van der Waals surface area contributed by atoms with Crippen LogP contribution in [0.5, 0.6) is 0 Å². The van der Waals surface area contributed by atoms with E-state index in [9.17, 15) is 9.59 Å². The Balaban J connectivity index is 3.63. The predicted octanol–water partition coefficient (Wildman–Crippen LogP) is 0.363. The quantitative estimate of drug-likeness (QED) is 0.564. The minimum absolute atomic E-state index is 0.0237. The standard InChI is InChI=1S/C11H21NO5/c1-10(13)12(6-4-11(14)15)5-3-7-17-9-8-16-2/h3-9H2,1-2H3,(H,14,15). The Morgan fingerprint density at radius 1 is 1.18 bits per heavy atom. The highest BCUT2D eigenvalue weighted by Crippen LogP contribution is 1.96. The lowest BCUT2D eigenvalue weighted by atomic mass is 10.3. The molecule has 0 fully saturated rings. The summed E-state index contributed by atoms with van der Waals surface area (Å²) < 4.78 is 10.1. The van der Waals surface area contributed by atoms with Gasteiger partial charge in [0.15, 0.2) is 0 Å². The first kappa shape index (κ1) is 15.9. The molecule has 1 N–H and O–H groups in total. The van der Waals surface area contributed by atoms with E-state index in [1.807, 2.05) is 0 Å². The number of carbonyl (C=O) groups is 2. The van der Waals surface area contributed by atoms with Gasteiger partial charge in [0.1, 0.15) is 0 Å². The van der Waals surface area contributed by atoms with E-state index in [-0.39, 0.29) is 18.9 Å². The number of rotatable bonds is 10. The molecule has 0 radical (unpaired) electrons. The highest BCUT2D eigenvalue weighted by molar-refractivity contribution is 5.74. The van der Waals surface area contributed by atoms with Gasteiger partial charge in [0.05, 0.1) is 19.6 Å². The summed E-state index contributed by atoms with van der Waals surface area (Å²) in [5.74, 6) is -1.00. The fourth-order valence-electron chi connectivity index (χ4n) is 1.26. The zero-order valence-electron chi connectivity index (χ0n) is 10.5. The number of methoxy groups -OCH3 is 1. The van der Waals surface area contributed by atoms with Crippen LogP contribution in [0.3, 0.4) is 0 Å². The molecule has 0 spiro atoms. The van der Waals surface area contributed by atoms with E-state index >= 15 is 0 Å². The number of carboxylic acid groups (broad SMARTS) is 1. The maximum atomic E-state index is 11.2. The molecule has 0 unspecified atom stereocenters. The molecule has 17 heavy (non-hydrogen) atoms. The molecular weight excluding hydrogens is 226 g/mol. The summed E-state index contributed by atoms with van der Waals surface area (Å²) in [5, 5.41) is 8.54. The summed E-state index contributed by atoms with van der Waals surface area (Å²) in [6, 6.07) is 0. The van der Waals surface area contributed by atoms with Crippen LogP contribution in [-0.2, 0) is 19.1 Å². The lowest BCUT2D eigenvalue weighted by molar-refractivity contribution is -0.138. The molecule has 1 amide bonds. The molecule has 0 aliphatic heterocycles. The maximum absolute atomic E-state index is 11.2. The number of amides is 1. The molecule has 0 bridgehead atoms. The van der Waals surface area contributed by atoms with Crippen molar-refractivity contribution in [1.82, 2.24) is 4.90 Å². The van der Waals surface area contributed by atoms with Crippen molar-refractivity contribution < 1.29 is 24.2 Å². The summed E-state index contributed by atoms with van der Waals surface area (Å²) in [7, 11) is 1.60. The van der Waals surface area contributed by atoms with Gasteiger partial charge in [-0.2, -0.15) is 0 Å². The van der Waals surface area contributed by atoms with E-state index in [2.05, 4.69) is 0 Å². The Labute approximate surface area is 101 Å². The van der Waals surface area contributed by atoms with Crippen LogP contribution in [0, 0.1) is 0 Å². The molecule has 100 valence electrons. The second-order valence-corrected chi connectivity index (χ2v) is 3.61. The SMILES string of the molecule is COCCOCCCN(CCC(=O)O)C(C)=O. The average Bonchev–Trinajstić information content (AvgIpc) is 2.26. The van der Waals surface area contributed by atoms with Gasteiger partial charge in [-0.1, -0.05) is 0 Å². The normalized spacial score (nSPS) is 10.2. The van der Waals surface area contributed by atoms with Crippen molar-refractivity contribution in [3.05, 3.63) is 0 Å². The van der Waals surface area contributed by atoms with E-state index in [4.69, 9.17) is 14.6 Å². The third-order valence-electron chi connectivity index (χ3n) is 2.19. The molecule has 0 saturated heterocycles. The van der Waals surface area contributed by atoms with Crippen LogP contribution in [-0.4, -0.2) is 61.9 Å². The lowest BCUT2D eigenvalue weighted by Gasteiger charge is -2.19. The monoisotopic (exact) mass is 247 g/mol. The highest BCUT2D eigenvalue weighted by atomic mass is 16.5. The van der Waals surface area contributed by atoms with Crippen LogP contribution >= 0.6 is 0 Å². The number of carboxylic acids is 1. The third kappa shape index (κ3) is 9.77. The Morgan fingerprint density at radius 3 is 2.41 bits per heavy atom. The molecule has 0 aromatic heterocycles. The van der Waals surface area contributed by atoms with Gasteiger partial charge in [0.25, 0.3) is 0 Å².